The molecule has 0 aromatic carbocycles. The molecule has 2 heterocycles. The molecule has 6 nitrogen and oxygen atoms in total. The van der Waals surface area contributed by atoms with Gasteiger partial charge in [0, 0.05) is 6.54 Å². The van der Waals surface area contributed by atoms with Crippen LogP contribution in [-0.4, -0.2) is 34.6 Å². The number of esters is 1. The van der Waals surface area contributed by atoms with Gasteiger partial charge in [0.25, 0.3) is 0 Å². The second kappa shape index (κ2) is 2.47. The molecule has 0 amide bonds. The Labute approximate surface area is 68.5 Å². The first-order valence-corrected chi connectivity index (χ1v) is 3.58. The Balaban J connectivity index is 2.39. The molecule has 0 bridgehead atoms. The second-order valence-electron chi connectivity index (χ2n) is 2.43. The lowest BCUT2D eigenvalue weighted by Gasteiger charge is -1.95. The molecule has 0 spiro atoms. The van der Waals surface area contributed by atoms with Crippen molar-refractivity contribution in [2.75, 3.05) is 19.0 Å². The van der Waals surface area contributed by atoms with Crippen molar-refractivity contribution >= 4 is 11.8 Å². The molecule has 0 aliphatic carbocycles. The third-order valence-electron chi connectivity index (χ3n) is 1.73. The van der Waals surface area contributed by atoms with Gasteiger partial charge in [-0.25, -0.2) is 9.48 Å². The van der Waals surface area contributed by atoms with Gasteiger partial charge in [-0.15, -0.1) is 5.10 Å². The number of aromatic nitrogens is 3. The van der Waals surface area contributed by atoms with E-state index in [2.05, 4.69) is 20.4 Å². The van der Waals surface area contributed by atoms with Crippen LogP contribution in [0.1, 0.15) is 10.5 Å². The minimum Gasteiger partial charge on any atom is -0.464 e. The molecule has 0 unspecified atom stereocenters. The summed E-state index contributed by atoms with van der Waals surface area (Å²) in [5.74, 6) is 0.201. The Kier molecular flexibility index (Phi) is 1.46. The Bertz CT molecular complexity index is 319. The Morgan fingerprint density at radius 1 is 1.75 bits per heavy atom. The third kappa shape index (κ3) is 0.843. The van der Waals surface area contributed by atoms with Crippen LogP contribution >= 0.6 is 0 Å². The number of nitrogens with zero attached hydrogens (tertiary/aromatic N) is 3. The molecule has 0 radical (unpaired) electrons. The lowest BCUT2D eigenvalue weighted by Crippen LogP contribution is -2.05. The van der Waals surface area contributed by atoms with Crippen molar-refractivity contribution in [2.24, 2.45) is 0 Å². The SMILES string of the molecule is COC(=O)c1nnn2c1NCC2. The summed E-state index contributed by atoms with van der Waals surface area (Å²) in [5.41, 5.74) is 0.259. The summed E-state index contributed by atoms with van der Waals surface area (Å²) in [6, 6.07) is 0. The maximum absolute atomic E-state index is 11.1. The van der Waals surface area contributed by atoms with Crippen molar-refractivity contribution in [3.63, 3.8) is 0 Å². The Hall–Kier alpha value is -1.59. The lowest BCUT2D eigenvalue weighted by atomic mass is 10.4. The van der Waals surface area contributed by atoms with Crippen LogP contribution in [0.25, 0.3) is 0 Å². The van der Waals surface area contributed by atoms with Crippen molar-refractivity contribution in [1.29, 1.82) is 0 Å². The number of anilines is 1. The molecule has 1 aromatic heterocycles. The molecule has 1 aliphatic heterocycles. The summed E-state index contributed by atoms with van der Waals surface area (Å²) in [6.07, 6.45) is 0. The van der Waals surface area contributed by atoms with Gasteiger partial charge in [-0.3, -0.25) is 0 Å². The van der Waals surface area contributed by atoms with E-state index in [0.717, 1.165) is 13.1 Å². The van der Waals surface area contributed by atoms with Crippen LogP contribution in [0.4, 0.5) is 5.82 Å². The Morgan fingerprint density at radius 2 is 2.58 bits per heavy atom. The predicted octanol–water partition coefficient (Wildman–Crippen LogP) is -0.510. The highest BCUT2D eigenvalue weighted by atomic mass is 16.5. The number of ether oxygens (including phenoxy) is 1. The fourth-order valence-corrected chi connectivity index (χ4v) is 1.16. The van der Waals surface area contributed by atoms with Gasteiger partial charge in [0.1, 0.15) is 0 Å². The number of carbonyl (C=O) groups is 1. The first-order chi connectivity index (χ1) is 5.83. The maximum Gasteiger partial charge on any atom is 0.362 e. The lowest BCUT2D eigenvalue weighted by molar-refractivity contribution is 0.0595. The topological polar surface area (TPSA) is 69.0 Å². The predicted molar refractivity (Wildman–Crippen MR) is 39.9 cm³/mol. The van der Waals surface area contributed by atoms with Crippen LogP contribution < -0.4 is 5.32 Å². The van der Waals surface area contributed by atoms with Crippen LogP contribution in [0, 0.1) is 0 Å². The van der Waals surface area contributed by atoms with Crippen LogP contribution in [0.15, 0.2) is 0 Å². The monoisotopic (exact) mass is 168 g/mol. The minimum absolute atomic E-state index is 0.259. The number of hydrogen-bond acceptors (Lipinski definition) is 5. The van der Waals surface area contributed by atoms with E-state index in [9.17, 15) is 4.79 Å². The van der Waals surface area contributed by atoms with Gasteiger partial charge in [0.2, 0.25) is 5.69 Å². The van der Waals surface area contributed by atoms with Gasteiger partial charge >= 0.3 is 5.97 Å². The highest BCUT2D eigenvalue weighted by Gasteiger charge is 2.22. The van der Waals surface area contributed by atoms with Crippen LogP contribution in [0.2, 0.25) is 0 Å². The molecule has 64 valence electrons. The summed E-state index contributed by atoms with van der Waals surface area (Å²) in [5, 5.41) is 10.5. The van der Waals surface area contributed by atoms with Gasteiger partial charge in [-0.05, 0) is 0 Å². The fourth-order valence-electron chi connectivity index (χ4n) is 1.16. The molecule has 0 saturated heterocycles. The summed E-state index contributed by atoms with van der Waals surface area (Å²) >= 11 is 0. The van der Waals surface area contributed by atoms with Gasteiger partial charge in [-0.1, -0.05) is 5.21 Å². The van der Waals surface area contributed by atoms with E-state index in [-0.39, 0.29) is 5.69 Å². The van der Waals surface area contributed by atoms with E-state index >= 15 is 0 Å². The zero-order chi connectivity index (χ0) is 8.55. The summed E-state index contributed by atoms with van der Waals surface area (Å²) in [7, 11) is 1.32. The minimum atomic E-state index is -0.453. The van der Waals surface area contributed by atoms with Crippen molar-refractivity contribution in [2.45, 2.75) is 6.54 Å². The molecule has 1 aliphatic rings. The first kappa shape index (κ1) is 7.08. The van der Waals surface area contributed by atoms with Gasteiger partial charge in [-0.2, -0.15) is 0 Å². The highest BCUT2D eigenvalue weighted by molar-refractivity contribution is 5.92. The molecule has 12 heavy (non-hydrogen) atoms. The molecular weight excluding hydrogens is 160 g/mol. The van der Waals surface area contributed by atoms with E-state index in [4.69, 9.17) is 0 Å². The zero-order valence-corrected chi connectivity index (χ0v) is 6.57. The van der Waals surface area contributed by atoms with E-state index in [1.807, 2.05) is 0 Å². The second-order valence-corrected chi connectivity index (χ2v) is 2.43. The molecule has 6 heteroatoms. The van der Waals surface area contributed by atoms with Crippen molar-refractivity contribution in [3.8, 4) is 0 Å². The third-order valence-corrected chi connectivity index (χ3v) is 1.73. The molecule has 1 N–H and O–H groups in total. The summed E-state index contributed by atoms with van der Waals surface area (Å²) in [6.45, 7) is 1.54. The summed E-state index contributed by atoms with van der Waals surface area (Å²) < 4.78 is 6.17. The van der Waals surface area contributed by atoms with E-state index in [0.29, 0.717) is 5.82 Å². The number of hydrogen-bond donors (Lipinski definition) is 1. The van der Waals surface area contributed by atoms with Gasteiger partial charge < -0.3 is 10.1 Å². The van der Waals surface area contributed by atoms with E-state index in [1.54, 1.807) is 4.68 Å². The van der Waals surface area contributed by atoms with Gasteiger partial charge in [0.15, 0.2) is 5.82 Å². The number of fused-ring (bicyclic) bond motifs is 1. The summed E-state index contributed by atoms with van der Waals surface area (Å²) in [4.78, 5) is 11.1. The molecule has 0 fully saturated rings. The quantitative estimate of drug-likeness (QED) is 0.572. The van der Waals surface area contributed by atoms with Crippen molar-refractivity contribution < 1.29 is 9.53 Å². The maximum atomic E-state index is 11.1. The molecule has 1 aromatic rings. The van der Waals surface area contributed by atoms with E-state index < -0.39 is 5.97 Å². The zero-order valence-electron chi connectivity index (χ0n) is 6.57. The van der Waals surface area contributed by atoms with Crippen LogP contribution in [-0.2, 0) is 11.3 Å². The number of nitrogens with one attached hydrogen (secondary N) is 1. The largest absolute Gasteiger partial charge is 0.464 e. The van der Waals surface area contributed by atoms with Crippen LogP contribution in [0.3, 0.4) is 0 Å². The smallest absolute Gasteiger partial charge is 0.362 e. The fraction of sp³-hybridized carbons (Fsp3) is 0.500. The highest BCUT2D eigenvalue weighted by Crippen LogP contribution is 2.16. The van der Waals surface area contributed by atoms with E-state index in [1.165, 1.54) is 7.11 Å². The van der Waals surface area contributed by atoms with Crippen molar-refractivity contribution in [1.82, 2.24) is 15.0 Å². The van der Waals surface area contributed by atoms with Crippen molar-refractivity contribution in [3.05, 3.63) is 5.69 Å². The number of carbonyl (C=O) groups excluding carboxylic acids is 1. The first-order valence-electron chi connectivity index (χ1n) is 3.58. The molecule has 2 rings (SSSR count). The van der Waals surface area contributed by atoms with Gasteiger partial charge in [0.05, 0.1) is 13.7 Å². The van der Waals surface area contributed by atoms with Crippen LogP contribution in [0.5, 0.6) is 0 Å². The Morgan fingerprint density at radius 3 is 3.33 bits per heavy atom. The standard InChI is InChI=1S/C6H8N4O2/c1-12-6(11)4-5-7-2-3-10(5)9-8-4/h7H,2-3H2,1H3. The number of rotatable bonds is 1. The molecular formula is C6H8N4O2. The average molecular weight is 168 g/mol. The number of methoxy groups -OCH3 is 1. The molecule has 0 saturated carbocycles. The molecule has 0 atom stereocenters. The average Bonchev–Trinajstić information content (AvgIpc) is 2.62. The normalized spacial score (nSPS) is 13.8.